The number of fused-ring (bicyclic) bond motifs is 1. The number of nitriles is 1. The van der Waals surface area contributed by atoms with Gasteiger partial charge in [-0.1, -0.05) is 11.8 Å². The van der Waals surface area contributed by atoms with Crippen LogP contribution in [0.1, 0.15) is 50.4 Å². The average molecular weight is 673 g/mol. The number of hydrogen-bond acceptors (Lipinski definition) is 10. The third-order valence-corrected chi connectivity index (χ3v) is 8.77. The van der Waals surface area contributed by atoms with Gasteiger partial charge in [0.1, 0.15) is 12.1 Å². The molecule has 1 aromatic carbocycles. The summed E-state index contributed by atoms with van der Waals surface area (Å²) in [5, 5.41) is 17.8. The first-order chi connectivity index (χ1) is 23.4. The van der Waals surface area contributed by atoms with Crippen molar-refractivity contribution in [2.75, 3.05) is 36.5 Å². The molecule has 0 saturated carbocycles. The van der Waals surface area contributed by atoms with Crippen molar-refractivity contribution in [1.82, 2.24) is 25.0 Å². The second-order valence-corrected chi connectivity index (χ2v) is 11.9. The largest absolute Gasteiger partial charge is 0.419 e. The summed E-state index contributed by atoms with van der Waals surface area (Å²) >= 11 is 0. The number of pyridine rings is 1. The predicted octanol–water partition coefficient (Wildman–Crippen LogP) is 1.42. The summed E-state index contributed by atoms with van der Waals surface area (Å²) in [6, 6.07) is 5.87. The summed E-state index contributed by atoms with van der Waals surface area (Å²) in [4.78, 5) is 69.6. The van der Waals surface area contributed by atoms with Gasteiger partial charge in [-0.3, -0.25) is 38.9 Å². The summed E-state index contributed by atoms with van der Waals surface area (Å²) in [6.07, 6.45) is -0.773. The van der Waals surface area contributed by atoms with Crippen LogP contribution in [0.3, 0.4) is 0 Å². The van der Waals surface area contributed by atoms with Gasteiger partial charge in [-0.05, 0) is 30.7 Å². The lowest BCUT2D eigenvalue weighted by atomic mass is 9.96. The Morgan fingerprint density at radius 3 is 2.51 bits per heavy atom. The molecule has 0 spiro atoms. The van der Waals surface area contributed by atoms with Crippen LogP contribution in [0.15, 0.2) is 42.9 Å². The molecule has 4 aliphatic rings. The maximum absolute atomic E-state index is 13.4. The van der Waals surface area contributed by atoms with Crippen molar-refractivity contribution in [1.29, 1.82) is 5.26 Å². The Morgan fingerprint density at radius 2 is 1.84 bits per heavy atom. The molecule has 17 heteroatoms. The number of carbonyl (C=O) groups excluding carboxylic acids is 5. The highest BCUT2D eigenvalue weighted by atomic mass is 19.4. The minimum absolute atomic E-state index is 0.0313. The molecule has 6 heterocycles. The van der Waals surface area contributed by atoms with Crippen molar-refractivity contribution in [3.05, 3.63) is 70.8 Å². The lowest BCUT2D eigenvalue weighted by molar-refractivity contribution is -0.153. The summed E-state index contributed by atoms with van der Waals surface area (Å²) in [5.41, 5.74) is -2.09. The van der Waals surface area contributed by atoms with Crippen molar-refractivity contribution in [2.24, 2.45) is 5.92 Å². The van der Waals surface area contributed by atoms with E-state index in [1.165, 1.54) is 16.9 Å². The SMILES string of the molecule is N#Cc1ncc(NC(=O)C2(n3cc(C#CC4CN(c5ccc6c(c5)C(=O)N(C5CCC(=O)NC5=O)C6=O)C4)cn3)COC2)cc1C(F)(F)F. The van der Waals surface area contributed by atoms with Crippen LogP contribution in [0.2, 0.25) is 0 Å². The van der Waals surface area contributed by atoms with Gasteiger partial charge in [0.05, 0.1) is 59.5 Å². The molecule has 5 amide bonds. The van der Waals surface area contributed by atoms with Crippen LogP contribution in [-0.2, 0) is 30.8 Å². The number of anilines is 2. The summed E-state index contributed by atoms with van der Waals surface area (Å²) in [7, 11) is 0. The van der Waals surface area contributed by atoms with E-state index in [4.69, 9.17) is 10.00 Å². The average Bonchev–Trinajstić information content (AvgIpc) is 3.57. The summed E-state index contributed by atoms with van der Waals surface area (Å²) in [6.45, 7) is 0.886. The zero-order valence-electron chi connectivity index (χ0n) is 25.2. The Morgan fingerprint density at radius 1 is 1.08 bits per heavy atom. The third-order valence-electron chi connectivity index (χ3n) is 8.77. The Hall–Kier alpha value is -6.07. The van der Waals surface area contributed by atoms with Gasteiger partial charge in [-0.2, -0.15) is 23.5 Å². The highest BCUT2D eigenvalue weighted by Crippen LogP contribution is 2.35. The van der Waals surface area contributed by atoms with Gasteiger partial charge < -0.3 is 15.0 Å². The summed E-state index contributed by atoms with van der Waals surface area (Å²) < 4.78 is 46.7. The predicted molar refractivity (Wildman–Crippen MR) is 159 cm³/mol. The maximum atomic E-state index is 13.4. The molecular formula is C32H23F3N8O6. The van der Waals surface area contributed by atoms with Crippen LogP contribution in [0.25, 0.3) is 0 Å². The van der Waals surface area contributed by atoms with Crippen molar-refractivity contribution in [2.45, 2.75) is 30.6 Å². The van der Waals surface area contributed by atoms with Gasteiger partial charge in [0.15, 0.2) is 11.2 Å². The molecule has 2 N–H and O–H groups in total. The first-order valence-corrected chi connectivity index (χ1v) is 14.9. The first-order valence-electron chi connectivity index (χ1n) is 14.9. The van der Waals surface area contributed by atoms with E-state index in [9.17, 15) is 37.1 Å². The van der Waals surface area contributed by atoms with E-state index in [0.29, 0.717) is 30.4 Å². The molecule has 1 atom stereocenters. The molecule has 1 unspecified atom stereocenters. The number of benzene rings is 1. The van der Waals surface area contributed by atoms with Crippen LogP contribution in [0, 0.1) is 29.1 Å². The van der Waals surface area contributed by atoms with Gasteiger partial charge in [0.25, 0.3) is 17.7 Å². The minimum Gasteiger partial charge on any atom is -0.375 e. The normalized spacial score (nSPS) is 20.0. The molecule has 0 aliphatic carbocycles. The molecule has 3 saturated heterocycles. The molecular weight excluding hydrogens is 649 g/mol. The maximum Gasteiger partial charge on any atom is 0.419 e. The molecule has 2 aromatic heterocycles. The summed E-state index contributed by atoms with van der Waals surface area (Å²) in [5.74, 6) is 3.15. The van der Waals surface area contributed by atoms with E-state index in [-0.39, 0.29) is 48.8 Å². The topological polar surface area (TPSA) is 180 Å². The number of alkyl halides is 3. The van der Waals surface area contributed by atoms with Crippen LogP contribution in [0.4, 0.5) is 24.5 Å². The molecule has 3 aromatic rings. The molecule has 0 bridgehead atoms. The smallest absolute Gasteiger partial charge is 0.375 e. The van der Waals surface area contributed by atoms with Gasteiger partial charge in [-0.25, -0.2) is 4.98 Å². The zero-order valence-corrected chi connectivity index (χ0v) is 25.2. The zero-order chi connectivity index (χ0) is 34.7. The number of halogens is 3. The van der Waals surface area contributed by atoms with E-state index in [2.05, 4.69) is 32.6 Å². The fraction of sp³-hybridized carbons (Fsp3) is 0.312. The number of nitrogens with zero attached hydrogens (tertiary/aromatic N) is 6. The molecule has 14 nitrogen and oxygen atoms in total. The van der Waals surface area contributed by atoms with E-state index >= 15 is 0 Å². The number of amides is 5. The quantitative estimate of drug-likeness (QED) is 0.298. The fourth-order valence-corrected chi connectivity index (χ4v) is 5.99. The van der Waals surface area contributed by atoms with E-state index in [1.54, 1.807) is 24.4 Å². The molecule has 3 fully saturated rings. The van der Waals surface area contributed by atoms with Crippen molar-refractivity contribution in [3.63, 3.8) is 0 Å². The monoisotopic (exact) mass is 672 g/mol. The number of carbonyl (C=O) groups is 5. The second-order valence-electron chi connectivity index (χ2n) is 11.9. The van der Waals surface area contributed by atoms with E-state index in [0.717, 1.165) is 11.1 Å². The number of piperidine rings is 1. The minimum atomic E-state index is -4.84. The number of aromatic nitrogens is 3. The van der Waals surface area contributed by atoms with E-state index in [1.807, 2.05) is 4.90 Å². The standard InChI is InChI=1S/C32H23F3N8O6/c33-32(34,35)23-7-19(11-37-24(23)9-36)39-30(48)31(15-49-16-31)42-14-17(10-38-42)1-2-18-12-41(13-18)20-3-4-21-22(8-20)29(47)43(28(21)46)25-5-6-26(44)40-27(25)45/h3-4,7-8,10-11,14,18,25H,5-6,12-13,15-16H2,(H,39,48)(H,40,44,45). The Labute approximate surface area is 274 Å². The molecule has 7 rings (SSSR count). The number of ether oxygens (including phenoxy) is 1. The van der Waals surface area contributed by atoms with Crippen LogP contribution in [-0.4, -0.2) is 81.5 Å². The van der Waals surface area contributed by atoms with Crippen molar-refractivity contribution in [3.8, 4) is 17.9 Å². The molecule has 4 aliphatic heterocycles. The molecule has 248 valence electrons. The van der Waals surface area contributed by atoms with E-state index < -0.39 is 58.6 Å². The third kappa shape index (κ3) is 5.43. The second kappa shape index (κ2) is 11.6. The number of nitrogens with one attached hydrogen (secondary N) is 2. The van der Waals surface area contributed by atoms with Crippen LogP contribution >= 0.6 is 0 Å². The molecule has 49 heavy (non-hydrogen) atoms. The van der Waals surface area contributed by atoms with Gasteiger partial charge in [0, 0.05) is 31.4 Å². The van der Waals surface area contributed by atoms with Gasteiger partial charge >= 0.3 is 6.18 Å². The Balaban J connectivity index is 0.991. The van der Waals surface area contributed by atoms with Gasteiger partial charge in [-0.15, -0.1) is 0 Å². The van der Waals surface area contributed by atoms with Crippen LogP contribution < -0.4 is 15.5 Å². The fourth-order valence-electron chi connectivity index (χ4n) is 5.99. The van der Waals surface area contributed by atoms with Crippen LogP contribution in [0.5, 0.6) is 0 Å². The Kier molecular flexibility index (Phi) is 7.44. The highest BCUT2D eigenvalue weighted by molar-refractivity contribution is 6.23. The van der Waals surface area contributed by atoms with Gasteiger partial charge in [0.2, 0.25) is 11.8 Å². The lowest BCUT2D eigenvalue weighted by Crippen LogP contribution is -2.59. The lowest BCUT2D eigenvalue weighted by Gasteiger charge is -2.39. The molecule has 0 radical (unpaired) electrons. The Bertz CT molecular complexity index is 2070. The van der Waals surface area contributed by atoms with Crippen molar-refractivity contribution < 1.29 is 41.9 Å². The first kappa shape index (κ1) is 31.5. The number of imide groups is 2. The number of hydrogen-bond donors (Lipinski definition) is 2. The number of rotatable bonds is 5. The van der Waals surface area contributed by atoms with Crippen molar-refractivity contribution >= 4 is 40.9 Å². The highest BCUT2D eigenvalue weighted by Gasteiger charge is 2.49.